The molecule has 0 unspecified atom stereocenters. The van der Waals surface area contributed by atoms with Crippen molar-refractivity contribution in [3.8, 4) is 0 Å². The molecule has 2 aromatic rings. The molecule has 1 aliphatic heterocycles. The minimum atomic E-state index is -0.266. The molecule has 4 nitrogen and oxygen atoms in total. The molecule has 3 rings (SSSR count). The van der Waals surface area contributed by atoms with Crippen molar-refractivity contribution in [3.63, 3.8) is 0 Å². The van der Waals surface area contributed by atoms with Gasteiger partial charge in [-0.05, 0) is 61.2 Å². The Bertz CT molecular complexity index is 764. The van der Waals surface area contributed by atoms with E-state index >= 15 is 0 Å². The monoisotopic (exact) mass is 368 g/mol. The quantitative estimate of drug-likeness (QED) is 0.872. The van der Waals surface area contributed by atoms with Gasteiger partial charge < -0.3 is 10.2 Å². The largest absolute Gasteiger partial charge is 0.352 e. The van der Waals surface area contributed by atoms with Gasteiger partial charge in [-0.2, -0.15) is 0 Å². The zero-order valence-corrected chi connectivity index (χ0v) is 15.4. The number of hydrogen-bond donors (Lipinski definition) is 1. The van der Waals surface area contributed by atoms with E-state index in [-0.39, 0.29) is 17.6 Å². The SMILES string of the molecule is O=C(NCCc1ccc(F)cc1)c1ccc(C(=O)N2CCCCCC2)cc1. The first-order valence-electron chi connectivity index (χ1n) is 9.55. The van der Waals surface area contributed by atoms with Crippen LogP contribution >= 0.6 is 0 Å². The number of nitrogens with one attached hydrogen (secondary N) is 1. The van der Waals surface area contributed by atoms with E-state index in [1.165, 1.54) is 25.0 Å². The van der Waals surface area contributed by atoms with Crippen LogP contribution in [0.1, 0.15) is 52.0 Å². The van der Waals surface area contributed by atoms with Crippen LogP contribution in [0.5, 0.6) is 0 Å². The molecule has 1 fully saturated rings. The smallest absolute Gasteiger partial charge is 0.253 e. The Kier molecular flexibility index (Phi) is 6.58. The van der Waals surface area contributed by atoms with E-state index in [1.807, 2.05) is 4.90 Å². The fourth-order valence-corrected chi connectivity index (χ4v) is 3.29. The zero-order valence-electron chi connectivity index (χ0n) is 15.4. The minimum Gasteiger partial charge on any atom is -0.352 e. The lowest BCUT2D eigenvalue weighted by Crippen LogP contribution is -2.32. The van der Waals surface area contributed by atoms with Crippen LogP contribution in [0.2, 0.25) is 0 Å². The van der Waals surface area contributed by atoms with Crippen LogP contribution < -0.4 is 5.32 Å². The maximum atomic E-state index is 12.9. The van der Waals surface area contributed by atoms with E-state index in [2.05, 4.69) is 5.32 Å². The number of likely N-dealkylation sites (tertiary alicyclic amines) is 1. The van der Waals surface area contributed by atoms with Crippen molar-refractivity contribution in [1.29, 1.82) is 0 Å². The molecule has 0 bridgehead atoms. The van der Waals surface area contributed by atoms with Crippen molar-refractivity contribution >= 4 is 11.8 Å². The first kappa shape index (κ1) is 19.1. The van der Waals surface area contributed by atoms with Gasteiger partial charge in [0.15, 0.2) is 0 Å². The summed E-state index contributed by atoms with van der Waals surface area (Å²) in [6.07, 6.45) is 5.11. The Labute approximate surface area is 159 Å². The zero-order chi connectivity index (χ0) is 19.1. The van der Waals surface area contributed by atoms with E-state index in [9.17, 15) is 14.0 Å². The van der Waals surface area contributed by atoms with Gasteiger partial charge in [0.2, 0.25) is 0 Å². The summed E-state index contributed by atoms with van der Waals surface area (Å²) < 4.78 is 12.9. The minimum absolute atomic E-state index is 0.0418. The van der Waals surface area contributed by atoms with Crippen LogP contribution in [-0.2, 0) is 6.42 Å². The number of amides is 2. The first-order chi connectivity index (χ1) is 13.1. The highest BCUT2D eigenvalue weighted by molar-refractivity contribution is 5.97. The van der Waals surface area contributed by atoms with Crippen molar-refractivity contribution in [2.45, 2.75) is 32.1 Å². The van der Waals surface area contributed by atoms with E-state index < -0.39 is 0 Å². The summed E-state index contributed by atoms with van der Waals surface area (Å²) in [6.45, 7) is 2.09. The number of benzene rings is 2. The summed E-state index contributed by atoms with van der Waals surface area (Å²) in [7, 11) is 0. The normalized spacial score (nSPS) is 14.5. The maximum absolute atomic E-state index is 12.9. The van der Waals surface area contributed by atoms with Crippen LogP contribution in [0.4, 0.5) is 4.39 Å². The molecular weight excluding hydrogens is 343 g/mol. The summed E-state index contributed by atoms with van der Waals surface area (Å²) in [4.78, 5) is 26.7. The van der Waals surface area contributed by atoms with Crippen molar-refractivity contribution in [3.05, 3.63) is 71.0 Å². The maximum Gasteiger partial charge on any atom is 0.253 e. The second kappa shape index (κ2) is 9.31. The third-order valence-corrected chi connectivity index (χ3v) is 4.90. The molecule has 0 aromatic heterocycles. The van der Waals surface area contributed by atoms with Gasteiger partial charge in [0, 0.05) is 30.8 Å². The van der Waals surface area contributed by atoms with Crippen LogP contribution in [0.15, 0.2) is 48.5 Å². The van der Waals surface area contributed by atoms with Crippen LogP contribution in [-0.4, -0.2) is 36.3 Å². The number of carbonyl (C=O) groups is 2. The molecule has 1 aliphatic rings. The summed E-state index contributed by atoms with van der Waals surface area (Å²) in [6, 6.07) is 13.1. The van der Waals surface area contributed by atoms with Gasteiger partial charge >= 0.3 is 0 Å². The summed E-state index contributed by atoms with van der Waals surface area (Å²) in [5, 5.41) is 2.85. The third kappa shape index (κ3) is 5.39. The Balaban J connectivity index is 1.52. The van der Waals surface area contributed by atoms with E-state index in [0.29, 0.717) is 24.1 Å². The molecule has 0 atom stereocenters. The summed E-state index contributed by atoms with van der Waals surface area (Å²) in [5.41, 5.74) is 2.12. The van der Waals surface area contributed by atoms with Crippen LogP contribution in [0.25, 0.3) is 0 Å². The second-order valence-corrected chi connectivity index (χ2v) is 6.92. The Morgan fingerprint density at radius 1 is 0.852 bits per heavy atom. The average molecular weight is 368 g/mol. The Hall–Kier alpha value is -2.69. The molecule has 0 spiro atoms. The standard InChI is InChI=1S/C22H25FN2O2/c23-20-11-5-17(6-12-20)13-14-24-21(26)18-7-9-19(10-8-18)22(27)25-15-3-1-2-4-16-25/h5-12H,1-4,13-16H2,(H,24,26). The van der Waals surface area contributed by atoms with Gasteiger partial charge in [0.1, 0.15) is 5.82 Å². The number of rotatable bonds is 5. The highest BCUT2D eigenvalue weighted by Crippen LogP contribution is 2.14. The van der Waals surface area contributed by atoms with E-state index in [0.717, 1.165) is 31.5 Å². The predicted molar refractivity (Wildman–Crippen MR) is 103 cm³/mol. The van der Waals surface area contributed by atoms with Crippen molar-refractivity contribution in [1.82, 2.24) is 10.2 Å². The highest BCUT2D eigenvalue weighted by atomic mass is 19.1. The van der Waals surface area contributed by atoms with Crippen molar-refractivity contribution in [2.75, 3.05) is 19.6 Å². The molecule has 2 aromatic carbocycles. The molecule has 1 saturated heterocycles. The lowest BCUT2D eigenvalue weighted by molar-refractivity contribution is 0.0761. The van der Waals surface area contributed by atoms with E-state index in [4.69, 9.17) is 0 Å². The average Bonchev–Trinajstić information content (AvgIpc) is 2.98. The number of hydrogen-bond acceptors (Lipinski definition) is 2. The molecule has 5 heteroatoms. The van der Waals surface area contributed by atoms with Crippen LogP contribution in [0, 0.1) is 5.82 Å². The highest BCUT2D eigenvalue weighted by Gasteiger charge is 2.17. The van der Waals surface area contributed by atoms with E-state index in [1.54, 1.807) is 36.4 Å². The second-order valence-electron chi connectivity index (χ2n) is 6.92. The third-order valence-electron chi connectivity index (χ3n) is 4.90. The van der Waals surface area contributed by atoms with Crippen molar-refractivity contribution < 1.29 is 14.0 Å². The first-order valence-corrected chi connectivity index (χ1v) is 9.55. The van der Waals surface area contributed by atoms with Crippen LogP contribution in [0.3, 0.4) is 0 Å². The van der Waals surface area contributed by atoms with Gasteiger partial charge in [-0.15, -0.1) is 0 Å². The molecule has 2 amide bonds. The molecule has 1 N–H and O–H groups in total. The molecule has 27 heavy (non-hydrogen) atoms. The molecule has 0 aliphatic carbocycles. The fraction of sp³-hybridized carbons (Fsp3) is 0.364. The van der Waals surface area contributed by atoms with Gasteiger partial charge in [-0.3, -0.25) is 9.59 Å². The lowest BCUT2D eigenvalue weighted by atomic mass is 10.1. The number of carbonyl (C=O) groups excluding carboxylic acids is 2. The number of nitrogens with zero attached hydrogens (tertiary/aromatic N) is 1. The van der Waals surface area contributed by atoms with Gasteiger partial charge in [-0.1, -0.05) is 25.0 Å². The summed E-state index contributed by atoms with van der Waals surface area (Å²) >= 11 is 0. The molecule has 1 heterocycles. The molecule has 0 radical (unpaired) electrons. The molecule has 142 valence electrons. The predicted octanol–water partition coefficient (Wildman–Crippen LogP) is 3.81. The van der Waals surface area contributed by atoms with Gasteiger partial charge in [0.25, 0.3) is 11.8 Å². The Morgan fingerprint density at radius 3 is 2.07 bits per heavy atom. The Morgan fingerprint density at radius 2 is 1.44 bits per heavy atom. The fourth-order valence-electron chi connectivity index (χ4n) is 3.29. The van der Waals surface area contributed by atoms with Gasteiger partial charge in [0.05, 0.1) is 0 Å². The lowest BCUT2D eigenvalue weighted by Gasteiger charge is -2.20. The topological polar surface area (TPSA) is 49.4 Å². The summed E-state index contributed by atoms with van der Waals surface area (Å²) in [5.74, 6) is -0.399. The molecular formula is C22H25FN2O2. The number of halogens is 1. The molecule has 0 saturated carbocycles. The van der Waals surface area contributed by atoms with Crippen molar-refractivity contribution in [2.24, 2.45) is 0 Å². The van der Waals surface area contributed by atoms with Gasteiger partial charge in [-0.25, -0.2) is 4.39 Å².